The lowest BCUT2D eigenvalue weighted by atomic mass is 9.85. The third-order valence-electron chi connectivity index (χ3n) is 3.25. The molecular weight excluding hydrogens is 204 g/mol. The van der Waals surface area contributed by atoms with E-state index < -0.39 is 0 Å². The van der Waals surface area contributed by atoms with Crippen molar-refractivity contribution < 1.29 is 9.90 Å². The minimum atomic E-state index is -0.244. The molecule has 0 radical (unpaired) electrons. The molecule has 2 atom stereocenters. The van der Waals surface area contributed by atoms with Gasteiger partial charge in [-0.15, -0.1) is 0 Å². The Morgan fingerprint density at radius 2 is 2.19 bits per heavy atom. The number of aliphatic hydroxyl groups excluding tert-OH is 1. The van der Waals surface area contributed by atoms with Gasteiger partial charge >= 0.3 is 0 Å². The van der Waals surface area contributed by atoms with Gasteiger partial charge in [-0.3, -0.25) is 4.79 Å². The number of rotatable bonds is 4. The maximum absolute atomic E-state index is 11.9. The van der Waals surface area contributed by atoms with E-state index in [-0.39, 0.29) is 29.9 Å². The van der Waals surface area contributed by atoms with Crippen LogP contribution in [0.25, 0.3) is 0 Å². The van der Waals surface area contributed by atoms with Crippen molar-refractivity contribution in [3.63, 3.8) is 0 Å². The Kier molecular flexibility index (Phi) is 4.74. The molecule has 4 nitrogen and oxygen atoms in total. The predicted octanol–water partition coefficient (Wildman–Crippen LogP) is 0.639. The van der Waals surface area contributed by atoms with E-state index >= 15 is 0 Å². The summed E-state index contributed by atoms with van der Waals surface area (Å²) in [5.74, 6) is 0.162. The molecule has 0 spiro atoms. The van der Waals surface area contributed by atoms with Crippen molar-refractivity contribution in [2.24, 2.45) is 17.1 Å². The molecule has 0 aromatic carbocycles. The zero-order valence-corrected chi connectivity index (χ0v) is 10.3. The fraction of sp³-hybridized carbons (Fsp3) is 0.917. The van der Waals surface area contributed by atoms with Crippen LogP contribution in [0.3, 0.4) is 0 Å². The zero-order chi connectivity index (χ0) is 12.2. The predicted molar refractivity (Wildman–Crippen MR) is 63.8 cm³/mol. The summed E-state index contributed by atoms with van der Waals surface area (Å²) in [7, 11) is 0. The van der Waals surface area contributed by atoms with Crippen LogP contribution in [0.5, 0.6) is 0 Å². The number of carbonyl (C=O) groups excluding carboxylic acids is 1. The first-order valence-corrected chi connectivity index (χ1v) is 6.09. The Morgan fingerprint density at radius 1 is 1.50 bits per heavy atom. The molecule has 1 aliphatic carbocycles. The van der Waals surface area contributed by atoms with E-state index in [2.05, 4.69) is 5.32 Å². The Bertz CT molecular complexity index is 241. The molecular formula is C12H24N2O2. The Hall–Kier alpha value is -0.610. The molecule has 1 rings (SSSR count). The topological polar surface area (TPSA) is 75.3 Å². The maximum Gasteiger partial charge on any atom is 0.223 e. The number of carbonyl (C=O) groups is 1. The fourth-order valence-electron chi connectivity index (χ4n) is 1.99. The first-order valence-electron chi connectivity index (χ1n) is 6.09. The highest BCUT2D eigenvalue weighted by Gasteiger charge is 2.26. The number of aliphatic hydroxyl groups is 1. The van der Waals surface area contributed by atoms with Gasteiger partial charge in [0.1, 0.15) is 0 Å². The molecule has 0 aromatic rings. The van der Waals surface area contributed by atoms with Crippen LogP contribution < -0.4 is 11.1 Å². The maximum atomic E-state index is 11.9. The first kappa shape index (κ1) is 13.5. The lowest BCUT2D eigenvalue weighted by Gasteiger charge is -2.28. The standard InChI is InChI=1S/C12H24N2O2/c1-12(2,8-15)7-14-11(16)9-4-3-5-10(13)6-9/h9-10,15H,3-8,13H2,1-2H3,(H,14,16). The number of hydrogen-bond acceptors (Lipinski definition) is 3. The van der Waals surface area contributed by atoms with Crippen molar-refractivity contribution in [2.45, 2.75) is 45.6 Å². The van der Waals surface area contributed by atoms with E-state index in [1.807, 2.05) is 13.8 Å². The second kappa shape index (κ2) is 5.64. The van der Waals surface area contributed by atoms with Gasteiger partial charge in [-0.05, 0) is 19.3 Å². The van der Waals surface area contributed by atoms with Gasteiger partial charge in [0, 0.05) is 30.5 Å². The second-order valence-electron chi connectivity index (χ2n) is 5.66. The molecule has 1 amide bonds. The summed E-state index contributed by atoms with van der Waals surface area (Å²) >= 11 is 0. The average Bonchev–Trinajstić information content (AvgIpc) is 2.26. The summed E-state index contributed by atoms with van der Waals surface area (Å²) in [4.78, 5) is 11.9. The fourth-order valence-corrected chi connectivity index (χ4v) is 1.99. The van der Waals surface area contributed by atoms with Gasteiger partial charge in [-0.25, -0.2) is 0 Å². The Balaban J connectivity index is 2.34. The van der Waals surface area contributed by atoms with E-state index in [4.69, 9.17) is 10.8 Å². The van der Waals surface area contributed by atoms with Crippen molar-refractivity contribution in [3.05, 3.63) is 0 Å². The second-order valence-corrected chi connectivity index (χ2v) is 5.66. The average molecular weight is 228 g/mol. The van der Waals surface area contributed by atoms with Crippen LogP contribution in [0.4, 0.5) is 0 Å². The molecule has 1 saturated carbocycles. The Morgan fingerprint density at radius 3 is 2.75 bits per heavy atom. The van der Waals surface area contributed by atoms with Gasteiger partial charge in [-0.2, -0.15) is 0 Å². The first-order chi connectivity index (χ1) is 7.44. The van der Waals surface area contributed by atoms with Gasteiger partial charge in [0.25, 0.3) is 0 Å². The van der Waals surface area contributed by atoms with Crippen LogP contribution in [0.15, 0.2) is 0 Å². The molecule has 0 bridgehead atoms. The highest BCUT2D eigenvalue weighted by atomic mass is 16.3. The summed E-state index contributed by atoms with van der Waals surface area (Å²) < 4.78 is 0. The van der Waals surface area contributed by atoms with Crippen molar-refractivity contribution in [1.29, 1.82) is 0 Å². The molecule has 0 heterocycles. The van der Waals surface area contributed by atoms with E-state index in [1.54, 1.807) is 0 Å². The van der Waals surface area contributed by atoms with Gasteiger partial charge < -0.3 is 16.2 Å². The summed E-state index contributed by atoms with van der Waals surface area (Å²) in [5, 5.41) is 12.0. The van der Waals surface area contributed by atoms with Crippen molar-refractivity contribution in [3.8, 4) is 0 Å². The van der Waals surface area contributed by atoms with Gasteiger partial charge in [0.2, 0.25) is 5.91 Å². The monoisotopic (exact) mass is 228 g/mol. The molecule has 0 aromatic heterocycles. The summed E-state index contributed by atoms with van der Waals surface area (Å²) in [5.41, 5.74) is 5.61. The van der Waals surface area contributed by atoms with Gasteiger partial charge in [0.15, 0.2) is 0 Å². The number of nitrogens with one attached hydrogen (secondary N) is 1. The van der Waals surface area contributed by atoms with E-state index in [9.17, 15) is 4.79 Å². The molecule has 16 heavy (non-hydrogen) atoms. The minimum Gasteiger partial charge on any atom is -0.396 e. The van der Waals surface area contributed by atoms with E-state index in [0.29, 0.717) is 6.54 Å². The summed E-state index contributed by atoms with van der Waals surface area (Å²) in [6.07, 6.45) is 3.82. The smallest absolute Gasteiger partial charge is 0.223 e. The quantitative estimate of drug-likeness (QED) is 0.661. The minimum absolute atomic E-state index is 0.0678. The number of nitrogens with two attached hydrogens (primary N) is 1. The molecule has 94 valence electrons. The SMILES string of the molecule is CC(C)(CO)CNC(=O)C1CCCC(N)C1. The molecule has 2 unspecified atom stereocenters. The van der Waals surface area contributed by atoms with E-state index in [1.165, 1.54) is 0 Å². The third-order valence-corrected chi connectivity index (χ3v) is 3.25. The van der Waals surface area contributed by atoms with Crippen LogP contribution in [0.1, 0.15) is 39.5 Å². The van der Waals surface area contributed by atoms with Crippen molar-refractivity contribution in [2.75, 3.05) is 13.2 Å². The molecule has 0 aliphatic heterocycles. The third kappa shape index (κ3) is 4.10. The lowest BCUT2D eigenvalue weighted by molar-refractivity contribution is -0.126. The van der Waals surface area contributed by atoms with Crippen molar-refractivity contribution >= 4 is 5.91 Å². The Labute approximate surface area is 97.6 Å². The van der Waals surface area contributed by atoms with Crippen LogP contribution in [0, 0.1) is 11.3 Å². The van der Waals surface area contributed by atoms with Gasteiger partial charge in [-0.1, -0.05) is 20.3 Å². The molecule has 1 fully saturated rings. The summed E-state index contributed by atoms with van der Waals surface area (Å²) in [6, 6.07) is 0.176. The van der Waals surface area contributed by atoms with Crippen LogP contribution in [-0.4, -0.2) is 30.2 Å². The van der Waals surface area contributed by atoms with E-state index in [0.717, 1.165) is 25.7 Å². The molecule has 1 aliphatic rings. The van der Waals surface area contributed by atoms with Crippen LogP contribution in [0.2, 0.25) is 0 Å². The van der Waals surface area contributed by atoms with Gasteiger partial charge in [0.05, 0.1) is 0 Å². The lowest BCUT2D eigenvalue weighted by Crippen LogP contribution is -2.42. The van der Waals surface area contributed by atoms with Crippen LogP contribution in [-0.2, 0) is 4.79 Å². The highest BCUT2D eigenvalue weighted by Crippen LogP contribution is 2.23. The summed E-state index contributed by atoms with van der Waals surface area (Å²) in [6.45, 7) is 4.46. The number of hydrogen-bond donors (Lipinski definition) is 3. The highest BCUT2D eigenvalue weighted by molar-refractivity contribution is 5.78. The van der Waals surface area contributed by atoms with Crippen molar-refractivity contribution in [1.82, 2.24) is 5.32 Å². The molecule has 0 saturated heterocycles. The largest absolute Gasteiger partial charge is 0.396 e. The molecule has 4 N–H and O–H groups in total. The number of amides is 1. The normalized spacial score (nSPS) is 26.5. The zero-order valence-electron chi connectivity index (χ0n) is 10.3. The molecule has 4 heteroatoms. The van der Waals surface area contributed by atoms with Crippen LogP contribution >= 0.6 is 0 Å².